The van der Waals surface area contributed by atoms with Gasteiger partial charge in [0.25, 0.3) is 0 Å². The van der Waals surface area contributed by atoms with Crippen molar-refractivity contribution in [2.45, 2.75) is 23.8 Å². The number of hydrogen-bond donors (Lipinski definition) is 1. The number of methoxy groups -OCH3 is 1. The van der Waals surface area contributed by atoms with Crippen molar-refractivity contribution in [1.29, 1.82) is 0 Å². The molecule has 1 heterocycles. The fourth-order valence-electron chi connectivity index (χ4n) is 2.13. The van der Waals surface area contributed by atoms with Gasteiger partial charge in [-0.1, -0.05) is 17.8 Å². The van der Waals surface area contributed by atoms with E-state index in [0.29, 0.717) is 5.92 Å². The third-order valence-corrected chi connectivity index (χ3v) is 4.31. The lowest BCUT2D eigenvalue weighted by molar-refractivity contribution is -0.133. The normalized spacial score (nSPS) is 14.1. The van der Waals surface area contributed by atoms with Gasteiger partial charge in [-0.2, -0.15) is 5.10 Å². The van der Waals surface area contributed by atoms with Gasteiger partial charge >= 0.3 is 5.97 Å². The third kappa shape index (κ3) is 3.21. The van der Waals surface area contributed by atoms with E-state index in [1.165, 1.54) is 11.8 Å². The average molecular weight is 304 g/mol. The Morgan fingerprint density at radius 3 is 2.95 bits per heavy atom. The van der Waals surface area contributed by atoms with E-state index < -0.39 is 5.97 Å². The Morgan fingerprint density at radius 1 is 1.48 bits per heavy atom. The van der Waals surface area contributed by atoms with E-state index >= 15 is 0 Å². The van der Waals surface area contributed by atoms with Crippen LogP contribution in [0.15, 0.2) is 35.4 Å². The van der Waals surface area contributed by atoms with Crippen molar-refractivity contribution in [3.63, 3.8) is 0 Å². The van der Waals surface area contributed by atoms with Crippen LogP contribution in [0.3, 0.4) is 0 Å². The van der Waals surface area contributed by atoms with Gasteiger partial charge in [0, 0.05) is 12.0 Å². The van der Waals surface area contributed by atoms with Crippen LogP contribution in [0.5, 0.6) is 5.75 Å². The summed E-state index contributed by atoms with van der Waals surface area (Å²) in [4.78, 5) is 10.8. The predicted molar refractivity (Wildman–Crippen MR) is 80.5 cm³/mol. The summed E-state index contributed by atoms with van der Waals surface area (Å²) in [7, 11) is 1.62. The van der Waals surface area contributed by atoms with Crippen molar-refractivity contribution in [1.82, 2.24) is 9.78 Å². The Hall–Kier alpha value is -1.95. The molecule has 0 radical (unpaired) electrons. The molecular weight excluding hydrogens is 288 g/mol. The second-order valence-corrected chi connectivity index (χ2v) is 5.97. The van der Waals surface area contributed by atoms with Gasteiger partial charge < -0.3 is 9.84 Å². The number of ether oxygens (including phenoxy) is 1. The van der Waals surface area contributed by atoms with Crippen LogP contribution in [0, 0.1) is 0 Å². The fourth-order valence-corrected chi connectivity index (χ4v) is 2.87. The number of carbonyl (C=O) groups is 1. The molecule has 1 aliphatic carbocycles. The summed E-state index contributed by atoms with van der Waals surface area (Å²) in [5, 5.41) is 14.4. The van der Waals surface area contributed by atoms with Crippen LogP contribution in [0.1, 0.15) is 24.5 Å². The smallest absolute Gasteiger partial charge is 0.313 e. The van der Waals surface area contributed by atoms with Gasteiger partial charge in [0.1, 0.15) is 10.8 Å². The number of nitrogens with zero attached hydrogens (tertiary/aromatic N) is 2. The molecule has 1 saturated carbocycles. The maximum Gasteiger partial charge on any atom is 0.313 e. The van der Waals surface area contributed by atoms with E-state index in [1.807, 2.05) is 35.0 Å². The van der Waals surface area contributed by atoms with Crippen molar-refractivity contribution < 1.29 is 14.6 Å². The molecule has 5 nitrogen and oxygen atoms in total. The topological polar surface area (TPSA) is 64.4 Å². The van der Waals surface area contributed by atoms with E-state index in [-0.39, 0.29) is 5.75 Å². The van der Waals surface area contributed by atoms with Gasteiger partial charge in [0.15, 0.2) is 0 Å². The molecule has 3 rings (SSSR count). The number of hydrogen-bond acceptors (Lipinski definition) is 4. The van der Waals surface area contributed by atoms with Gasteiger partial charge in [-0.15, -0.1) is 0 Å². The summed E-state index contributed by atoms with van der Waals surface area (Å²) in [6.45, 7) is 0. The Kier molecular flexibility index (Phi) is 3.88. The molecule has 1 aliphatic rings. The van der Waals surface area contributed by atoms with Crippen molar-refractivity contribution in [2.24, 2.45) is 0 Å². The van der Waals surface area contributed by atoms with E-state index in [4.69, 9.17) is 9.84 Å². The summed E-state index contributed by atoms with van der Waals surface area (Å²) in [6.07, 6.45) is 2.33. The van der Waals surface area contributed by atoms with Gasteiger partial charge in [0.05, 0.1) is 24.2 Å². The quantitative estimate of drug-likeness (QED) is 0.831. The largest absolute Gasteiger partial charge is 0.497 e. The molecule has 0 amide bonds. The molecule has 0 unspecified atom stereocenters. The van der Waals surface area contributed by atoms with Crippen LogP contribution >= 0.6 is 11.8 Å². The summed E-state index contributed by atoms with van der Waals surface area (Å²) in [5.74, 6) is 0.484. The average Bonchev–Trinajstić information content (AvgIpc) is 3.25. The zero-order valence-corrected chi connectivity index (χ0v) is 12.5. The minimum atomic E-state index is -0.827. The lowest BCUT2D eigenvalue weighted by Crippen LogP contribution is -2.02. The number of benzene rings is 1. The zero-order valence-electron chi connectivity index (χ0n) is 11.7. The Morgan fingerprint density at radius 2 is 2.29 bits per heavy atom. The SMILES string of the molecule is COc1cccc(-n2nc(C3CC3)cc2SCC(=O)O)c1. The van der Waals surface area contributed by atoms with Crippen molar-refractivity contribution in [3.05, 3.63) is 36.0 Å². The number of rotatable bonds is 6. The third-order valence-electron chi connectivity index (χ3n) is 3.33. The molecule has 1 aromatic carbocycles. The number of aliphatic carboxylic acids is 1. The summed E-state index contributed by atoms with van der Waals surface area (Å²) < 4.78 is 7.05. The zero-order chi connectivity index (χ0) is 14.8. The first-order chi connectivity index (χ1) is 10.2. The van der Waals surface area contributed by atoms with Crippen LogP contribution < -0.4 is 4.74 Å². The highest BCUT2D eigenvalue weighted by Crippen LogP contribution is 2.41. The monoisotopic (exact) mass is 304 g/mol. The second-order valence-electron chi connectivity index (χ2n) is 4.98. The fraction of sp³-hybridized carbons (Fsp3) is 0.333. The lowest BCUT2D eigenvalue weighted by atomic mass is 10.3. The van der Waals surface area contributed by atoms with E-state index in [2.05, 4.69) is 5.10 Å². The van der Waals surface area contributed by atoms with Crippen LogP contribution in [0.25, 0.3) is 5.69 Å². The lowest BCUT2D eigenvalue weighted by Gasteiger charge is -2.07. The molecule has 1 aromatic heterocycles. The molecule has 21 heavy (non-hydrogen) atoms. The summed E-state index contributed by atoms with van der Waals surface area (Å²) >= 11 is 1.29. The molecule has 0 spiro atoms. The summed E-state index contributed by atoms with van der Waals surface area (Å²) in [6, 6.07) is 9.62. The Balaban J connectivity index is 1.95. The van der Waals surface area contributed by atoms with Gasteiger partial charge in [-0.25, -0.2) is 4.68 Å². The number of thioether (sulfide) groups is 1. The minimum Gasteiger partial charge on any atom is -0.497 e. The number of carboxylic acid groups (broad SMARTS) is 1. The number of aromatic nitrogens is 2. The first-order valence-electron chi connectivity index (χ1n) is 6.76. The maximum absolute atomic E-state index is 10.8. The Bertz CT molecular complexity index is 665. The second kappa shape index (κ2) is 5.81. The highest BCUT2D eigenvalue weighted by molar-refractivity contribution is 7.99. The van der Waals surface area contributed by atoms with E-state index in [1.54, 1.807) is 7.11 Å². The molecular formula is C15H16N2O3S. The summed E-state index contributed by atoms with van der Waals surface area (Å²) in [5.41, 5.74) is 1.93. The van der Waals surface area contributed by atoms with E-state index in [9.17, 15) is 4.79 Å². The molecule has 6 heteroatoms. The van der Waals surface area contributed by atoms with Gasteiger partial charge in [-0.3, -0.25) is 4.79 Å². The highest BCUT2D eigenvalue weighted by Gasteiger charge is 2.27. The standard InChI is InChI=1S/C15H16N2O3S/c1-20-12-4-2-3-11(7-12)17-14(21-9-15(18)19)8-13(16-17)10-5-6-10/h2-4,7-8,10H,5-6,9H2,1H3,(H,18,19). The molecule has 0 atom stereocenters. The molecule has 1 N–H and O–H groups in total. The predicted octanol–water partition coefficient (Wildman–Crippen LogP) is 2.94. The van der Waals surface area contributed by atoms with Crippen LogP contribution in [-0.2, 0) is 4.79 Å². The molecule has 0 saturated heterocycles. The molecule has 110 valence electrons. The molecule has 2 aromatic rings. The van der Waals surface area contributed by atoms with Crippen LogP contribution in [-0.4, -0.2) is 33.7 Å². The van der Waals surface area contributed by atoms with Crippen molar-refractivity contribution >= 4 is 17.7 Å². The molecule has 0 bridgehead atoms. The van der Waals surface area contributed by atoms with Gasteiger partial charge in [-0.05, 0) is 31.0 Å². The maximum atomic E-state index is 10.8. The van der Waals surface area contributed by atoms with Crippen LogP contribution in [0.2, 0.25) is 0 Å². The van der Waals surface area contributed by atoms with Crippen molar-refractivity contribution in [2.75, 3.05) is 12.9 Å². The first-order valence-corrected chi connectivity index (χ1v) is 7.75. The molecule has 0 aliphatic heterocycles. The molecule has 1 fully saturated rings. The number of carboxylic acids is 1. The minimum absolute atomic E-state index is 0.0275. The Labute approximate surface area is 126 Å². The van der Waals surface area contributed by atoms with Crippen molar-refractivity contribution in [3.8, 4) is 11.4 Å². The van der Waals surface area contributed by atoms with Crippen LogP contribution in [0.4, 0.5) is 0 Å². The highest BCUT2D eigenvalue weighted by atomic mass is 32.2. The van der Waals surface area contributed by atoms with E-state index in [0.717, 1.165) is 35.0 Å². The van der Waals surface area contributed by atoms with Gasteiger partial charge in [0.2, 0.25) is 0 Å². The first kappa shape index (κ1) is 14.0.